The lowest BCUT2D eigenvalue weighted by atomic mass is 9.98. The maximum absolute atomic E-state index is 4.33. The van der Waals surface area contributed by atoms with Gasteiger partial charge in [0.15, 0.2) is 0 Å². The Balaban J connectivity index is 1.59. The molecule has 0 aromatic carbocycles. The van der Waals surface area contributed by atoms with Crippen molar-refractivity contribution in [1.82, 2.24) is 19.8 Å². The van der Waals surface area contributed by atoms with Crippen molar-refractivity contribution < 1.29 is 0 Å². The Kier molecular flexibility index (Phi) is 3.66. The third-order valence-corrected chi connectivity index (χ3v) is 4.17. The molecule has 1 aliphatic heterocycles. The van der Waals surface area contributed by atoms with E-state index in [4.69, 9.17) is 0 Å². The maximum Gasteiger partial charge on any atom is 0.0951 e. The van der Waals surface area contributed by atoms with Crippen molar-refractivity contribution in [1.29, 1.82) is 0 Å². The molecular weight excluding hydrogens is 224 g/mol. The molecule has 1 aromatic rings. The van der Waals surface area contributed by atoms with Crippen molar-refractivity contribution in [2.24, 2.45) is 5.92 Å². The van der Waals surface area contributed by atoms with Gasteiger partial charge < -0.3 is 9.88 Å². The van der Waals surface area contributed by atoms with Crippen LogP contribution in [0, 0.1) is 5.92 Å². The number of piperidine rings is 1. The summed E-state index contributed by atoms with van der Waals surface area (Å²) in [5, 5.41) is 3.31. The van der Waals surface area contributed by atoms with Gasteiger partial charge in [-0.3, -0.25) is 4.90 Å². The van der Waals surface area contributed by atoms with Gasteiger partial charge in [0.25, 0.3) is 0 Å². The van der Waals surface area contributed by atoms with E-state index in [1.165, 1.54) is 44.5 Å². The van der Waals surface area contributed by atoms with Gasteiger partial charge in [0.1, 0.15) is 0 Å². The van der Waals surface area contributed by atoms with Crippen LogP contribution in [-0.2, 0) is 6.54 Å². The second kappa shape index (κ2) is 5.41. The molecule has 100 valence electrons. The summed E-state index contributed by atoms with van der Waals surface area (Å²) in [4.78, 5) is 6.93. The number of rotatable bonds is 5. The summed E-state index contributed by atoms with van der Waals surface area (Å²) in [6, 6.07) is 0.750. The van der Waals surface area contributed by atoms with Gasteiger partial charge in [0, 0.05) is 25.3 Å². The molecule has 1 aromatic heterocycles. The van der Waals surface area contributed by atoms with Gasteiger partial charge in [0.05, 0.1) is 12.0 Å². The van der Waals surface area contributed by atoms with E-state index in [1.54, 1.807) is 0 Å². The highest BCUT2D eigenvalue weighted by Crippen LogP contribution is 2.36. The van der Waals surface area contributed by atoms with Crippen LogP contribution >= 0.6 is 0 Å². The molecule has 2 fully saturated rings. The van der Waals surface area contributed by atoms with Crippen LogP contribution in [0.3, 0.4) is 0 Å². The highest BCUT2D eigenvalue weighted by atomic mass is 15.2. The minimum atomic E-state index is 0.750. The summed E-state index contributed by atoms with van der Waals surface area (Å²) < 4.78 is 2.39. The smallest absolute Gasteiger partial charge is 0.0951 e. The summed E-state index contributed by atoms with van der Waals surface area (Å²) in [5.41, 5.74) is 1.41. The third kappa shape index (κ3) is 2.75. The van der Waals surface area contributed by atoms with E-state index >= 15 is 0 Å². The van der Waals surface area contributed by atoms with Crippen molar-refractivity contribution in [2.45, 2.75) is 38.3 Å². The first-order valence-corrected chi connectivity index (χ1v) is 7.24. The summed E-state index contributed by atoms with van der Waals surface area (Å²) >= 11 is 0. The van der Waals surface area contributed by atoms with E-state index in [-0.39, 0.29) is 0 Å². The number of nitrogens with zero attached hydrogens (tertiary/aromatic N) is 3. The number of imidazole rings is 1. The van der Waals surface area contributed by atoms with Gasteiger partial charge in [-0.15, -0.1) is 0 Å². The van der Waals surface area contributed by atoms with Gasteiger partial charge in [0.2, 0.25) is 0 Å². The van der Waals surface area contributed by atoms with Crippen LogP contribution in [0.4, 0.5) is 0 Å². The molecule has 0 spiro atoms. The van der Waals surface area contributed by atoms with Crippen LogP contribution in [0.1, 0.15) is 37.4 Å². The zero-order chi connectivity index (χ0) is 12.4. The Morgan fingerprint density at radius 1 is 1.39 bits per heavy atom. The fraction of sp³-hybridized carbons (Fsp3) is 0.786. The lowest BCUT2D eigenvalue weighted by Gasteiger charge is -2.32. The lowest BCUT2D eigenvalue weighted by molar-refractivity contribution is 0.163. The highest BCUT2D eigenvalue weighted by Gasteiger charge is 2.26. The average molecular weight is 248 g/mol. The predicted molar refractivity (Wildman–Crippen MR) is 72.4 cm³/mol. The SMILES string of the molecule is CNCC1CCCN(Cc2cncn2C2CC2)C1. The largest absolute Gasteiger partial charge is 0.330 e. The van der Waals surface area contributed by atoms with Gasteiger partial charge in [-0.25, -0.2) is 4.98 Å². The molecule has 2 heterocycles. The van der Waals surface area contributed by atoms with Gasteiger partial charge in [-0.1, -0.05) is 0 Å². The zero-order valence-corrected chi connectivity index (χ0v) is 11.3. The predicted octanol–water partition coefficient (Wildman–Crippen LogP) is 1.65. The number of hydrogen-bond donors (Lipinski definition) is 1. The molecule has 1 N–H and O–H groups in total. The second-order valence-electron chi connectivity index (χ2n) is 5.82. The Morgan fingerprint density at radius 2 is 2.28 bits per heavy atom. The van der Waals surface area contributed by atoms with E-state index < -0.39 is 0 Å². The maximum atomic E-state index is 4.33. The van der Waals surface area contributed by atoms with E-state index in [1.807, 2.05) is 6.33 Å². The van der Waals surface area contributed by atoms with Crippen molar-refractivity contribution in [2.75, 3.05) is 26.7 Å². The molecule has 1 saturated heterocycles. The zero-order valence-electron chi connectivity index (χ0n) is 11.3. The summed E-state index contributed by atoms with van der Waals surface area (Å²) in [6.45, 7) is 4.71. The summed E-state index contributed by atoms with van der Waals surface area (Å²) in [7, 11) is 2.06. The number of nitrogens with one attached hydrogen (secondary N) is 1. The first-order chi connectivity index (χ1) is 8.86. The molecule has 3 rings (SSSR count). The van der Waals surface area contributed by atoms with Gasteiger partial charge in [-0.05, 0) is 51.7 Å². The molecule has 2 aliphatic rings. The highest BCUT2D eigenvalue weighted by molar-refractivity contribution is 5.03. The molecule has 1 unspecified atom stereocenters. The van der Waals surface area contributed by atoms with Crippen LogP contribution in [0.25, 0.3) is 0 Å². The molecule has 0 radical (unpaired) electrons. The van der Waals surface area contributed by atoms with Crippen molar-refractivity contribution >= 4 is 0 Å². The van der Waals surface area contributed by atoms with Crippen LogP contribution in [0.2, 0.25) is 0 Å². The van der Waals surface area contributed by atoms with Crippen LogP contribution < -0.4 is 5.32 Å². The Morgan fingerprint density at radius 3 is 3.06 bits per heavy atom. The van der Waals surface area contributed by atoms with E-state index in [2.05, 4.69) is 33.0 Å². The lowest BCUT2D eigenvalue weighted by Crippen LogP contribution is -2.38. The van der Waals surface area contributed by atoms with E-state index in [0.29, 0.717) is 0 Å². The van der Waals surface area contributed by atoms with Crippen LogP contribution in [0.15, 0.2) is 12.5 Å². The van der Waals surface area contributed by atoms with Gasteiger partial charge in [-0.2, -0.15) is 0 Å². The molecule has 18 heavy (non-hydrogen) atoms. The molecule has 1 aliphatic carbocycles. The van der Waals surface area contributed by atoms with Crippen molar-refractivity contribution in [3.8, 4) is 0 Å². The quantitative estimate of drug-likeness (QED) is 0.860. The van der Waals surface area contributed by atoms with E-state index in [9.17, 15) is 0 Å². The standard InChI is InChI=1S/C14H24N4/c1-15-7-12-3-2-6-17(9-12)10-14-8-16-11-18(14)13-4-5-13/h8,11-13,15H,2-7,9-10H2,1H3. The Hall–Kier alpha value is -0.870. The Labute approximate surface area is 109 Å². The fourth-order valence-corrected chi connectivity index (χ4v) is 3.12. The van der Waals surface area contributed by atoms with E-state index in [0.717, 1.165) is 25.0 Å². The summed E-state index contributed by atoms with van der Waals surface area (Å²) in [6.07, 6.45) is 9.46. The monoisotopic (exact) mass is 248 g/mol. The van der Waals surface area contributed by atoms with Crippen molar-refractivity contribution in [3.63, 3.8) is 0 Å². The topological polar surface area (TPSA) is 33.1 Å². The molecule has 4 nitrogen and oxygen atoms in total. The minimum absolute atomic E-state index is 0.750. The molecule has 4 heteroatoms. The normalized spacial score (nSPS) is 25.5. The minimum Gasteiger partial charge on any atom is -0.330 e. The first-order valence-electron chi connectivity index (χ1n) is 7.24. The molecule has 0 bridgehead atoms. The molecule has 1 atom stereocenters. The summed E-state index contributed by atoms with van der Waals surface area (Å²) in [5.74, 6) is 0.820. The molecule has 0 amide bonds. The molecular formula is C14H24N4. The average Bonchev–Trinajstić information content (AvgIpc) is 3.12. The molecule has 1 saturated carbocycles. The van der Waals surface area contributed by atoms with Gasteiger partial charge >= 0.3 is 0 Å². The number of hydrogen-bond acceptors (Lipinski definition) is 3. The Bertz CT molecular complexity index is 381. The third-order valence-electron chi connectivity index (χ3n) is 4.17. The fourth-order valence-electron chi connectivity index (χ4n) is 3.12. The van der Waals surface area contributed by atoms with Crippen molar-refractivity contribution in [3.05, 3.63) is 18.2 Å². The number of likely N-dealkylation sites (tertiary alicyclic amines) is 1. The number of aromatic nitrogens is 2. The van der Waals surface area contributed by atoms with Crippen LogP contribution in [0.5, 0.6) is 0 Å². The second-order valence-corrected chi connectivity index (χ2v) is 5.82. The first kappa shape index (κ1) is 12.2. The van der Waals surface area contributed by atoms with Crippen LogP contribution in [-0.4, -0.2) is 41.1 Å².